The van der Waals surface area contributed by atoms with Crippen LogP contribution in [0, 0.1) is 0 Å². The maximum absolute atomic E-state index is 11.6. The van der Waals surface area contributed by atoms with Gasteiger partial charge in [0.05, 0.1) is 0 Å². The van der Waals surface area contributed by atoms with Crippen molar-refractivity contribution >= 4 is 12.1 Å². The summed E-state index contributed by atoms with van der Waals surface area (Å²) in [6, 6.07) is 0.117. The maximum atomic E-state index is 11.6. The largest absolute Gasteiger partial charge is 0.463 e. The number of carbonyl (C=O) groups excluding carboxylic acids is 2. The van der Waals surface area contributed by atoms with Crippen molar-refractivity contribution in [2.45, 2.75) is 71.1 Å². The molecule has 0 unspecified atom stereocenters. The number of hydrogen-bond donors (Lipinski definition) is 1. The van der Waals surface area contributed by atoms with E-state index < -0.39 is 5.60 Å². The third-order valence-corrected chi connectivity index (χ3v) is 2.73. The SMILES string of the molecule is CC(=O)O[C@H]1CC[C@@H](NC(=O)OC(C)(C)C)CC1. The first-order valence-corrected chi connectivity index (χ1v) is 6.43. The lowest BCUT2D eigenvalue weighted by molar-refractivity contribution is -0.147. The second-order valence-electron chi connectivity index (χ2n) is 5.73. The van der Waals surface area contributed by atoms with Crippen LogP contribution in [0.5, 0.6) is 0 Å². The minimum absolute atomic E-state index is 0.000753. The molecular formula is C13H23NO4. The number of ether oxygens (including phenoxy) is 2. The molecule has 0 aliphatic heterocycles. The summed E-state index contributed by atoms with van der Waals surface area (Å²) < 4.78 is 10.3. The van der Waals surface area contributed by atoms with Gasteiger partial charge in [-0.25, -0.2) is 4.79 Å². The fourth-order valence-corrected chi connectivity index (χ4v) is 2.03. The van der Waals surface area contributed by atoms with E-state index in [4.69, 9.17) is 9.47 Å². The van der Waals surface area contributed by atoms with Crippen LogP contribution in [0.25, 0.3) is 0 Å². The number of esters is 1. The van der Waals surface area contributed by atoms with Crippen LogP contribution in [-0.4, -0.2) is 29.8 Å². The van der Waals surface area contributed by atoms with Crippen molar-refractivity contribution in [3.63, 3.8) is 0 Å². The van der Waals surface area contributed by atoms with E-state index in [1.807, 2.05) is 20.8 Å². The first-order chi connectivity index (χ1) is 8.26. The van der Waals surface area contributed by atoms with Crippen molar-refractivity contribution in [3.05, 3.63) is 0 Å². The molecule has 1 aliphatic rings. The Hall–Kier alpha value is -1.26. The smallest absolute Gasteiger partial charge is 0.407 e. The average Bonchev–Trinajstić information content (AvgIpc) is 2.17. The van der Waals surface area contributed by atoms with Gasteiger partial charge in [-0.2, -0.15) is 0 Å². The molecule has 1 fully saturated rings. The third-order valence-electron chi connectivity index (χ3n) is 2.73. The van der Waals surface area contributed by atoms with Gasteiger partial charge in [0.1, 0.15) is 11.7 Å². The predicted octanol–water partition coefficient (Wildman–Crippen LogP) is 2.39. The van der Waals surface area contributed by atoms with Crippen LogP contribution >= 0.6 is 0 Å². The summed E-state index contributed by atoms with van der Waals surface area (Å²) in [5.74, 6) is -0.237. The molecule has 0 aromatic carbocycles. The van der Waals surface area contributed by atoms with E-state index in [1.54, 1.807) is 0 Å². The van der Waals surface area contributed by atoms with E-state index in [0.717, 1.165) is 25.7 Å². The summed E-state index contributed by atoms with van der Waals surface area (Å²) in [5.41, 5.74) is -0.473. The molecular weight excluding hydrogens is 234 g/mol. The molecule has 0 heterocycles. The van der Waals surface area contributed by atoms with Gasteiger partial charge in [-0.05, 0) is 46.5 Å². The van der Waals surface area contributed by atoms with Crippen molar-refractivity contribution in [2.75, 3.05) is 0 Å². The predicted molar refractivity (Wildman–Crippen MR) is 67.2 cm³/mol. The summed E-state index contributed by atoms with van der Waals surface area (Å²) in [5, 5.41) is 2.85. The summed E-state index contributed by atoms with van der Waals surface area (Å²) in [6.45, 7) is 6.93. The minimum Gasteiger partial charge on any atom is -0.463 e. The number of alkyl carbamates (subject to hydrolysis) is 1. The van der Waals surface area contributed by atoms with E-state index in [9.17, 15) is 9.59 Å². The zero-order valence-corrected chi connectivity index (χ0v) is 11.6. The normalized spacial score (nSPS) is 24.2. The van der Waals surface area contributed by atoms with Crippen LogP contribution < -0.4 is 5.32 Å². The number of carbonyl (C=O) groups is 2. The highest BCUT2D eigenvalue weighted by molar-refractivity contribution is 5.68. The Morgan fingerprint density at radius 2 is 1.67 bits per heavy atom. The van der Waals surface area contributed by atoms with E-state index >= 15 is 0 Å². The van der Waals surface area contributed by atoms with Crippen LogP contribution in [0.2, 0.25) is 0 Å². The maximum Gasteiger partial charge on any atom is 0.407 e. The van der Waals surface area contributed by atoms with Gasteiger partial charge in [-0.1, -0.05) is 0 Å². The molecule has 1 aliphatic carbocycles. The summed E-state index contributed by atoms with van der Waals surface area (Å²) in [4.78, 5) is 22.4. The standard InChI is InChI=1S/C13H23NO4/c1-9(15)17-11-7-5-10(6-8-11)14-12(16)18-13(2,3)4/h10-11H,5-8H2,1-4H3,(H,14,16)/t10-,11+. The minimum atomic E-state index is -0.473. The van der Waals surface area contributed by atoms with Gasteiger partial charge >= 0.3 is 12.1 Å². The molecule has 0 aromatic heterocycles. The molecule has 0 spiro atoms. The molecule has 1 amide bonds. The lowest BCUT2D eigenvalue weighted by Gasteiger charge is -2.29. The second kappa shape index (κ2) is 6.07. The third kappa shape index (κ3) is 5.89. The van der Waals surface area contributed by atoms with Crippen molar-refractivity contribution in [3.8, 4) is 0 Å². The fourth-order valence-electron chi connectivity index (χ4n) is 2.03. The van der Waals surface area contributed by atoms with Crippen molar-refractivity contribution in [1.82, 2.24) is 5.32 Å². The average molecular weight is 257 g/mol. The number of amides is 1. The Morgan fingerprint density at radius 3 is 2.11 bits per heavy atom. The highest BCUT2D eigenvalue weighted by atomic mass is 16.6. The zero-order chi connectivity index (χ0) is 13.8. The number of nitrogens with one attached hydrogen (secondary N) is 1. The molecule has 0 aromatic rings. The van der Waals surface area contributed by atoms with Crippen LogP contribution in [0.4, 0.5) is 4.79 Å². The van der Waals surface area contributed by atoms with Crippen molar-refractivity contribution in [2.24, 2.45) is 0 Å². The molecule has 1 N–H and O–H groups in total. The first kappa shape index (κ1) is 14.8. The van der Waals surface area contributed by atoms with Gasteiger partial charge in [0.15, 0.2) is 0 Å². The Bertz CT molecular complexity index is 301. The first-order valence-electron chi connectivity index (χ1n) is 6.43. The quantitative estimate of drug-likeness (QED) is 0.771. The Balaban J connectivity index is 2.27. The molecule has 1 rings (SSSR count). The van der Waals surface area contributed by atoms with E-state index in [1.165, 1.54) is 6.92 Å². The van der Waals surface area contributed by atoms with Crippen LogP contribution in [0.1, 0.15) is 53.4 Å². The summed E-state index contributed by atoms with van der Waals surface area (Å²) in [6.07, 6.45) is 2.84. The lowest BCUT2D eigenvalue weighted by atomic mass is 9.93. The van der Waals surface area contributed by atoms with Crippen molar-refractivity contribution in [1.29, 1.82) is 0 Å². The summed E-state index contributed by atoms with van der Waals surface area (Å²) in [7, 11) is 0. The zero-order valence-electron chi connectivity index (χ0n) is 11.6. The molecule has 18 heavy (non-hydrogen) atoms. The van der Waals surface area contributed by atoms with Crippen LogP contribution in [0.15, 0.2) is 0 Å². The van der Waals surface area contributed by atoms with Gasteiger partial charge in [-0.3, -0.25) is 4.79 Å². The van der Waals surface area contributed by atoms with Crippen molar-refractivity contribution < 1.29 is 19.1 Å². The molecule has 5 nitrogen and oxygen atoms in total. The molecule has 0 saturated heterocycles. The number of rotatable bonds is 2. The van der Waals surface area contributed by atoms with Gasteiger partial charge in [0.2, 0.25) is 0 Å². The molecule has 1 saturated carbocycles. The highest BCUT2D eigenvalue weighted by Gasteiger charge is 2.25. The molecule has 0 atom stereocenters. The lowest BCUT2D eigenvalue weighted by Crippen LogP contribution is -2.42. The highest BCUT2D eigenvalue weighted by Crippen LogP contribution is 2.21. The Morgan fingerprint density at radius 1 is 1.11 bits per heavy atom. The van der Waals surface area contributed by atoms with Crippen LogP contribution in [-0.2, 0) is 14.3 Å². The topological polar surface area (TPSA) is 64.6 Å². The Labute approximate surface area is 108 Å². The molecule has 5 heteroatoms. The Kier molecular flexibility index (Phi) is 4.99. The number of hydrogen-bond acceptors (Lipinski definition) is 4. The van der Waals surface area contributed by atoms with E-state index in [0.29, 0.717) is 0 Å². The van der Waals surface area contributed by atoms with Crippen LogP contribution in [0.3, 0.4) is 0 Å². The van der Waals surface area contributed by atoms with Gasteiger partial charge < -0.3 is 14.8 Å². The van der Waals surface area contributed by atoms with Gasteiger partial charge in [0, 0.05) is 13.0 Å². The van der Waals surface area contributed by atoms with E-state index in [-0.39, 0.29) is 24.2 Å². The van der Waals surface area contributed by atoms with Gasteiger partial charge in [0.25, 0.3) is 0 Å². The molecule has 104 valence electrons. The molecule has 0 bridgehead atoms. The van der Waals surface area contributed by atoms with E-state index in [2.05, 4.69) is 5.32 Å². The molecule has 0 radical (unpaired) electrons. The summed E-state index contributed by atoms with van der Waals surface area (Å²) >= 11 is 0. The fraction of sp³-hybridized carbons (Fsp3) is 0.846. The second-order valence-corrected chi connectivity index (χ2v) is 5.73. The monoisotopic (exact) mass is 257 g/mol. The van der Waals surface area contributed by atoms with Gasteiger partial charge in [-0.15, -0.1) is 0 Å².